The number of esters is 1. The number of alkyl halides is 3. The Morgan fingerprint density at radius 1 is 1.00 bits per heavy atom. The van der Waals surface area contributed by atoms with Crippen molar-refractivity contribution in [1.29, 1.82) is 0 Å². The maximum Gasteiger partial charge on any atom is 0.417 e. The molecule has 3 aromatic rings. The normalized spacial score (nSPS) is 15.1. The highest BCUT2D eigenvalue weighted by atomic mass is 19.4. The third-order valence-corrected chi connectivity index (χ3v) is 5.87. The molecule has 1 aliphatic heterocycles. The van der Waals surface area contributed by atoms with Gasteiger partial charge in [0.2, 0.25) is 0 Å². The second-order valence-electron chi connectivity index (χ2n) is 8.15. The van der Waals surface area contributed by atoms with Gasteiger partial charge >= 0.3 is 12.1 Å². The van der Waals surface area contributed by atoms with E-state index in [4.69, 9.17) is 4.74 Å². The van der Waals surface area contributed by atoms with Gasteiger partial charge in [-0.1, -0.05) is 18.2 Å². The number of piperazine rings is 1. The van der Waals surface area contributed by atoms with Crippen LogP contribution in [0.4, 0.5) is 18.9 Å². The molecule has 1 aromatic carbocycles. The molecule has 0 bridgehead atoms. The van der Waals surface area contributed by atoms with Crippen molar-refractivity contribution in [3.63, 3.8) is 0 Å². The van der Waals surface area contributed by atoms with Crippen LogP contribution in [0, 0.1) is 6.92 Å². The van der Waals surface area contributed by atoms with Crippen molar-refractivity contribution in [2.75, 3.05) is 31.1 Å². The number of aromatic nitrogens is 3. The number of hydrogen-bond acceptors (Lipinski definition) is 6. The zero-order chi connectivity index (χ0) is 25.2. The molecule has 0 saturated carbocycles. The van der Waals surface area contributed by atoms with Crippen molar-refractivity contribution in [2.24, 2.45) is 0 Å². The zero-order valence-corrected chi connectivity index (χ0v) is 19.2. The summed E-state index contributed by atoms with van der Waals surface area (Å²) in [7, 11) is 0. The molecule has 1 unspecified atom stereocenters. The Morgan fingerprint density at radius 3 is 2.29 bits per heavy atom. The number of nitrogens with zero attached hydrogens (tertiary/aromatic N) is 5. The molecule has 1 fully saturated rings. The molecule has 1 atom stereocenters. The van der Waals surface area contributed by atoms with E-state index in [0.717, 1.165) is 11.8 Å². The summed E-state index contributed by atoms with van der Waals surface area (Å²) in [6.45, 7) is 5.43. The molecule has 0 N–H and O–H groups in total. The predicted octanol–water partition coefficient (Wildman–Crippen LogP) is 3.49. The summed E-state index contributed by atoms with van der Waals surface area (Å²) in [5, 5.41) is 4.05. The fraction of sp³-hybridized carbons (Fsp3) is 0.333. The molecule has 3 heterocycles. The topological polar surface area (TPSA) is 80.6 Å². The molecule has 0 radical (unpaired) electrons. The van der Waals surface area contributed by atoms with Gasteiger partial charge in [-0.15, -0.1) is 0 Å². The number of carbonyl (C=O) groups is 2. The van der Waals surface area contributed by atoms with Crippen LogP contribution in [0.5, 0.6) is 0 Å². The van der Waals surface area contributed by atoms with Crippen LogP contribution in [0.1, 0.15) is 28.5 Å². The minimum atomic E-state index is -4.50. The minimum Gasteiger partial charge on any atom is -0.449 e. The lowest BCUT2D eigenvalue weighted by Gasteiger charge is -2.37. The Balaban J connectivity index is 1.36. The number of anilines is 1. The van der Waals surface area contributed by atoms with Crippen LogP contribution >= 0.6 is 0 Å². The van der Waals surface area contributed by atoms with Crippen LogP contribution in [0.3, 0.4) is 0 Å². The highest BCUT2D eigenvalue weighted by Gasteiger charge is 2.31. The first kappa shape index (κ1) is 24.2. The second-order valence-corrected chi connectivity index (χ2v) is 8.15. The smallest absolute Gasteiger partial charge is 0.417 e. The second kappa shape index (κ2) is 9.77. The van der Waals surface area contributed by atoms with Gasteiger partial charge in [-0.25, -0.2) is 14.5 Å². The molecular weight excluding hydrogens is 463 g/mol. The average molecular weight is 487 g/mol. The van der Waals surface area contributed by atoms with E-state index in [-0.39, 0.29) is 17.3 Å². The van der Waals surface area contributed by atoms with E-state index < -0.39 is 23.8 Å². The van der Waals surface area contributed by atoms with E-state index in [9.17, 15) is 22.8 Å². The number of ether oxygens (including phenoxy) is 1. The van der Waals surface area contributed by atoms with Crippen molar-refractivity contribution in [3.8, 4) is 5.82 Å². The highest BCUT2D eigenvalue weighted by molar-refractivity contribution is 5.93. The molecule has 1 saturated heterocycles. The van der Waals surface area contributed by atoms with Crippen molar-refractivity contribution in [2.45, 2.75) is 26.1 Å². The summed E-state index contributed by atoms with van der Waals surface area (Å²) in [4.78, 5) is 33.2. The lowest BCUT2D eigenvalue weighted by atomic mass is 10.2. The molecule has 8 nitrogen and oxygen atoms in total. The van der Waals surface area contributed by atoms with E-state index >= 15 is 0 Å². The molecule has 0 spiro atoms. The molecule has 1 aliphatic rings. The zero-order valence-electron chi connectivity index (χ0n) is 19.2. The number of halogens is 3. The van der Waals surface area contributed by atoms with E-state index in [2.05, 4.69) is 15.0 Å². The van der Waals surface area contributed by atoms with Crippen LogP contribution in [-0.2, 0) is 15.7 Å². The quantitative estimate of drug-likeness (QED) is 0.513. The lowest BCUT2D eigenvalue weighted by Crippen LogP contribution is -2.51. The molecule has 0 aliphatic carbocycles. The summed E-state index contributed by atoms with van der Waals surface area (Å²) < 4.78 is 45.0. The number of benzene rings is 1. The van der Waals surface area contributed by atoms with Crippen molar-refractivity contribution in [3.05, 3.63) is 71.7 Å². The van der Waals surface area contributed by atoms with Crippen LogP contribution in [-0.4, -0.2) is 63.8 Å². The van der Waals surface area contributed by atoms with Crippen molar-refractivity contribution >= 4 is 17.6 Å². The summed E-state index contributed by atoms with van der Waals surface area (Å²) >= 11 is 0. The van der Waals surface area contributed by atoms with E-state index in [1.165, 1.54) is 23.9 Å². The molecule has 184 valence electrons. The summed E-state index contributed by atoms with van der Waals surface area (Å²) in [6.07, 6.45) is -3.56. The Labute approximate surface area is 199 Å². The van der Waals surface area contributed by atoms with E-state index in [0.29, 0.717) is 38.1 Å². The largest absolute Gasteiger partial charge is 0.449 e. The average Bonchev–Trinajstić information content (AvgIpc) is 3.25. The van der Waals surface area contributed by atoms with Gasteiger partial charge < -0.3 is 14.5 Å². The van der Waals surface area contributed by atoms with Crippen LogP contribution in [0.15, 0.2) is 54.9 Å². The highest BCUT2D eigenvalue weighted by Crippen LogP contribution is 2.29. The van der Waals surface area contributed by atoms with Crippen LogP contribution < -0.4 is 4.90 Å². The third kappa shape index (κ3) is 5.28. The first-order valence-electron chi connectivity index (χ1n) is 11.0. The maximum atomic E-state index is 12.8. The van der Waals surface area contributed by atoms with Crippen LogP contribution in [0.2, 0.25) is 0 Å². The molecule has 11 heteroatoms. The van der Waals surface area contributed by atoms with E-state index in [1.807, 2.05) is 30.3 Å². The fourth-order valence-corrected chi connectivity index (χ4v) is 3.88. The van der Waals surface area contributed by atoms with Gasteiger partial charge in [-0.2, -0.15) is 18.3 Å². The summed E-state index contributed by atoms with van der Waals surface area (Å²) in [6, 6.07) is 12.0. The van der Waals surface area contributed by atoms with Gasteiger partial charge in [0, 0.05) is 38.1 Å². The molecule has 1 amide bonds. The molecule has 2 aromatic heterocycles. The number of pyridine rings is 1. The van der Waals surface area contributed by atoms with Gasteiger partial charge in [0.15, 0.2) is 11.9 Å². The first-order chi connectivity index (χ1) is 16.6. The van der Waals surface area contributed by atoms with Gasteiger partial charge in [0.1, 0.15) is 5.56 Å². The molecule has 4 rings (SSSR count). The van der Waals surface area contributed by atoms with Crippen molar-refractivity contribution in [1.82, 2.24) is 19.7 Å². The summed E-state index contributed by atoms with van der Waals surface area (Å²) in [5.41, 5.74) is 0.635. The minimum absolute atomic E-state index is 0.0974. The van der Waals surface area contributed by atoms with Crippen molar-refractivity contribution < 1.29 is 27.5 Å². The SMILES string of the molecule is Cc1c(C(=O)OC(C)C(=O)N2CCN(c3ccccc3)CC2)cnn1-c1ccc(C(F)(F)F)cn1. The maximum absolute atomic E-state index is 12.8. The Kier molecular flexibility index (Phi) is 6.77. The Bertz CT molecular complexity index is 1190. The first-order valence-corrected chi connectivity index (χ1v) is 11.0. The fourth-order valence-electron chi connectivity index (χ4n) is 3.88. The number of amides is 1. The molecular formula is C24H24F3N5O3. The standard InChI is InChI=1S/C24H24F3N5O3/c1-16-20(15-29-32(16)21-9-8-18(14-28-21)24(25,26)27)23(34)35-17(2)22(33)31-12-10-30(11-13-31)19-6-4-3-5-7-19/h3-9,14-15,17H,10-13H2,1-2H3. The third-order valence-electron chi connectivity index (χ3n) is 5.87. The van der Waals surface area contributed by atoms with Gasteiger partial charge in [-0.3, -0.25) is 4.79 Å². The monoisotopic (exact) mass is 487 g/mol. The Morgan fingerprint density at radius 2 is 1.69 bits per heavy atom. The number of hydrogen-bond donors (Lipinski definition) is 0. The molecule has 35 heavy (non-hydrogen) atoms. The predicted molar refractivity (Wildman–Crippen MR) is 121 cm³/mol. The number of rotatable bonds is 5. The Hall–Kier alpha value is -3.89. The van der Waals surface area contributed by atoms with Gasteiger partial charge in [0.25, 0.3) is 5.91 Å². The lowest BCUT2D eigenvalue weighted by molar-refractivity contribution is -0.140. The number of carbonyl (C=O) groups excluding carboxylic acids is 2. The van der Waals surface area contributed by atoms with E-state index in [1.54, 1.807) is 11.8 Å². The van der Waals surface area contributed by atoms with Crippen LogP contribution in [0.25, 0.3) is 5.82 Å². The summed E-state index contributed by atoms with van der Waals surface area (Å²) in [5.74, 6) is -0.917. The van der Waals surface area contributed by atoms with Gasteiger partial charge in [0.05, 0.1) is 17.5 Å². The van der Waals surface area contributed by atoms with Gasteiger partial charge in [-0.05, 0) is 38.1 Å². The number of para-hydroxylation sites is 1.